The number of hydrogen-bond donors (Lipinski definition) is 3. The molecule has 2 amide bonds. The van der Waals surface area contributed by atoms with Crippen molar-refractivity contribution < 1.29 is 9.59 Å². The summed E-state index contributed by atoms with van der Waals surface area (Å²) in [6.07, 6.45) is 6.65. The average Bonchev–Trinajstić information content (AvgIpc) is 2.49. The Bertz CT molecular complexity index is 315. The van der Waals surface area contributed by atoms with Gasteiger partial charge in [0.15, 0.2) is 0 Å². The number of hydrogen-bond acceptors (Lipinski definition) is 4. The zero-order valence-electron chi connectivity index (χ0n) is 13.2. The van der Waals surface area contributed by atoms with Crippen molar-refractivity contribution in [3.8, 4) is 0 Å². The normalized spacial score (nSPS) is 16.7. The van der Waals surface area contributed by atoms with Crippen molar-refractivity contribution in [2.24, 2.45) is 5.73 Å². The third kappa shape index (κ3) is 8.02. The maximum atomic E-state index is 11.8. The molecule has 1 aliphatic heterocycles. The maximum absolute atomic E-state index is 11.8. The second kappa shape index (κ2) is 10.6. The number of nitrogens with zero attached hydrogens (tertiary/aromatic N) is 1. The van der Waals surface area contributed by atoms with Gasteiger partial charge in [0, 0.05) is 32.6 Å². The molecule has 0 bridgehead atoms. The molecule has 1 heterocycles. The van der Waals surface area contributed by atoms with Crippen LogP contribution in [0.3, 0.4) is 0 Å². The van der Waals surface area contributed by atoms with Gasteiger partial charge in [-0.2, -0.15) is 0 Å². The molecular formula is C15H30N4O2. The van der Waals surface area contributed by atoms with E-state index in [9.17, 15) is 9.59 Å². The Hall–Kier alpha value is -1.14. The van der Waals surface area contributed by atoms with Gasteiger partial charge in [-0.25, -0.2) is 0 Å². The van der Waals surface area contributed by atoms with Crippen molar-refractivity contribution in [3.63, 3.8) is 0 Å². The fourth-order valence-corrected chi connectivity index (χ4v) is 2.60. The molecule has 21 heavy (non-hydrogen) atoms. The molecule has 0 spiro atoms. The lowest BCUT2D eigenvalue weighted by Gasteiger charge is -2.31. The van der Waals surface area contributed by atoms with Gasteiger partial charge in [-0.15, -0.1) is 0 Å². The van der Waals surface area contributed by atoms with Crippen molar-refractivity contribution in [1.82, 2.24) is 15.5 Å². The monoisotopic (exact) mass is 298 g/mol. The van der Waals surface area contributed by atoms with Gasteiger partial charge in [-0.1, -0.05) is 12.8 Å². The summed E-state index contributed by atoms with van der Waals surface area (Å²) in [5.41, 5.74) is 5.44. The molecule has 1 rings (SSSR count). The summed E-state index contributed by atoms with van der Waals surface area (Å²) in [5.74, 6) is 0.211. The van der Waals surface area contributed by atoms with E-state index in [4.69, 9.17) is 5.73 Å². The molecule has 4 N–H and O–H groups in total. The molecule has 1 aliphatic rings. The third-order valence-electron chi connectivity index (χ3n) is 3.96. The fraction of sp³-hybridized carbons (Fsp3) is 0.867. The smallest absolute Gasteiger partial charge is 0.233 e. The van der Waals surface area contributed by atoms with Crippen LogP contribution in [-0.2, 0) is 9.59 Å². The number of piperidine rings is 1. The lowest BCUT2D eigenvalue weighted by molar-refractivity contribution is -0.124. The van der Waals surface area contributed by atoms with Crippen LogP contribution in [0.5, 0.6) is 0 Å². The van der Waals surface area contributed by atoms with E-state index in [1.165, 1.54) is 0 Å². The standard InChI is InChI=1S/C15H30N4O2/c1-17-15(21)12-19-10-7-13(8-11-19)18-14(20)6-4-2-3-5-9-16/h13H,2-12,16H2,1H3,(H,17,21)(H,18,20). The van der Waals surface area contributed by atoms with Crippen LogP contribution in [-0.4, -0.2) is 56.0 Å². The van der Waals surface area contributed by atoms with E-state index >= 15 is 0 Å². The minimum Gasteiger partial charge on any atom is -0.358 e. The molecule has 6 nitrogen and oxygen atoms in total. The lowest BCUT2D eigenvalue weighted by Crippen LogP contribution is -2.47. The van der Waals surface area contributed by atoms with E-state index in [0.717, 1.165) is 58.2 Å². The summed E-state index contributed by atoms with van der Waals surface area (Å²) < 4.78 is 0. The molecule has 1 saturated heterocycles. The molecule has 0 aromatic carbocycles. The number of nitrogens with two attached hydrogens (primary N) is 1. The van der Waals surface area contributed by atoms with Gasteiger partial charge < -0.3 is 16.4 Å². The first kappa shape index (κ1) is 17.9. The molecule has 122 valence electrons. The van der Waals surface area contributed by atoms with Gasteiger partial charge >= 0.3 is 0 Å². The highest BCUT2D eigenvalue weighted by molar-refractivity contribution is 5.77. The third-order valence-corrected chi connectivity index (χ3v) is 3.96. The predicted octanol–water partition coefficient (Wildman–Crippen LogP) is 0.222. The number of rotatable bonds is 9. The molecular weight excluding hydrogens is 268 g/mol. The van der Waals surface area contributed by atoms with E-state index in [-0.39, 0.29) is 17.9 Å². The first-order valence-corrected chi connectivity index (χ1v) is 8.08. The van der Waals surface area contributed by atoms with E-state index in [0.29, 0.717) is 13.0 Å². The fourth-order valence-electron chi connectivity index (χ4n) is 2.60. The number of carbonyl (C=O) groups excluding carboxylic acids is 2. The molecule has 0 aliphatic carbocycles. The van der Waals surface area contributed by atoms with E-state index in [1.54, 1.807) is 7.05 Å². The van der Waals surface area contributed by atoms with Crippen molar-refractivity contribution in [1.29, 1.82) is 0 Å². The number of likely N-dealkylation sites (N-methyl/N-ethyl adjacent to an activating group) is 1. The predicted molar refractivity (Wildman–Crippen MR) is 83.8 cm³/mol. The topological polar surface area (TPSA) is 87.5 Å². The van der Waals surface area contributed by atoms with Crippen molar-refractivity contribution >= 4 is 11.8 Å². The van der Waals surface area contributed by atoms with Gasteiger partial charge in [-0.05, 0) is 32.2 Å². The van der Waals surface area contributed by atoms with Crippen LogP contribution in [0.4, 0.5) is 0 Å². The van der Waals surface area contributed by atoms with Crippen LogP contribution >= 0.6 is 0 Å². The highest BCUT2D eigenvalue weighted by Crippen LogP contribution is 2.10. The maximum Gasteiger partial charge on any atom is 0.233 e. The Balaban J connectivity index is 2.08. The number of unbranched alkanes of at least 4 members (excludes halogenated alkanes) is 3. The van der Waals surface area contributed by atoms with E-state index in [2.05, 4.69) is 15.5 Å². The Labute approximate surface area is 127 Å². The molecule has 0 radical (unpaired) electrons. The van der Waals surface area contributed by atoms with E-state index < -0.39 is 0 Å². The first-order valence-electron chi connectivity index (χ1n) is 8.08. The Morgan fingerprint density at radius 2 is 1.76 bits per heavy atom. The summed E-state index contributed by atoms with van der Waals surface area (Å²) in [6, 6.07) is 0.266. The number of carbonyl (C=O) groups is 2. The highest BCUT2D eigenvalue weighted by atomic mass is 16.2. The van der Waals surface area contributed by atoms with Gasteiger partial charge in [0.25, 0.3) is 0 Å². The van der Waals surface area contributed by atoms with Crippen LogP contribution < -0.4 is 16.4 Å². The van der Waals surface area contributed by atoms with Gasteiger partial charge in [0.2, 0.25) is 11.8 Å². The van der Waals surface area contributed by atoms with Crippen LogP contribution in [0, 0.1) is 0 Å². The number of likely N-dealkylation sites (tertiary alicyclic amines) is 1. The zero-order valence-corrected chi connectivity index (χ0v) is 13.2. The van der Waals surface area contributed by atoms with E-state index in [1.807, 2.05) is 0 Å². The van der Waals surface area contributed by atoms with Gasteiger partial charge in [0.1, 0.15) is 0 Å². The van der Waals surface area contributed by atoms with Crippen LogP contribution in [0.15, 0.2) is 0 Å². The number of nitrogens with one attached hydrogen (secondary N) is 2. The quantitative estimate of drug-likeness (QED) is 0.532. The summed E-state index contributed by atoms with van der Waals surface area (Å²) in [7, 11) is 1.66. The minimum atomic E-state index is 0.0509. The van der Waals surface area contributed by atoms with Gasteiger partial charge in [-0.3, -0.25) is 14.5 Å². The first-order chi connectivity index (χ1) is 10.2. The Morgan fingerprint density at radius 3 is 2.38 bits per heavy atom. The Kier molecular flexibility index (Phi) is 9.01. The molecule has 0 unspecified atom stereocenters. The zero-order chi connectivity index (χ0) is 15.5. The molecule has 0 atom stereocenters. The minimum absolute atomic E-state index is 0.0509. The van der Waals surface area contributed by atoms with Crippen molar-refractivity contribution in [2.45, 2.75) is 51.0 Å². The van der Waals surface area contributed by atoms with Gasteiger partial charge in [0.05, 0.1) is 6.54 Å². The average molecular weight is 298 g/mol. The largest absolute Gasteiger partial charge is 0.358 e. The Morgan fingerprint density at radius 1 is 1.10 bits per heavy atom. The second-order valence-electron chi connectivity index (χ2n) is 5.74. The SMILES string of the molecule is CNC(=O)CN1CCC(NC(=O)CCCCCCN)CC1. The summed E-state index contributed by atoms with van der Waals surface area (Å²) in [5, 5.41) is 5.74. The van der Waals surface area contributed by atoms with Crippen molar-refractivity contribution in [2.75, 3.05) is 33.2 Å². The summed E-state index contributed by atoms with van der Waals surface area (Å²) in [6.45, 7) is 2.93. The van der Waals surface area contributed by atoms with Crippen molar-refractivity contribution in [3.05, 3.63) is 0 Å². The lowest BCUT2D eigenvalue weighted by atomic mass is 10.0. The second-order valence-corrected chi connectivity index (χ2v) is 5.74. The molecule has 0 aromatic heterocycles. The van der Waals surface area contributed by atoms with Crippen LogP contribution in [0.25, 0.3) is 0 Å². The number of amides is 2. The molecule has 6 heteroatoms. The molecule has 0 saturated carbocycles. The van der Waals surface area contributed by atoms with Crippen LogP contribution in [0.1, 0.15) is 44.9 Å². The van der Waals surface area contributed by atoms with Crippen LogP contribution in [0.2, 0.25) is 0 Å². The molecule has 1 fully saturated rings. The summed E-state index contributed by atoms with van der Waals surface area (Å²) in [4.78, 5) is 25.3. The highest BCUT2D eigenvalue weighted by Gasteiger charge is 2.21. The molecule has 0 aromatic rings. The summed E-state index contributed by atoms with van der Waals surface area (Å²) >= 11 is 0.